The summed E-state index contributed by atoms with van der Waals surface area (Å²) < 4.78 is 0. The van der Waals surface area contributed by atoms with Gasteiger partial charge in [0, 0.05) is 25.1 Å². The molecule has 0 aromatic heterocycles. The van der Waals surface area contributed by atoms with E-state index in [2.05, 4.69) is 43.4 Å². The van der Waals surface area contributed by atoms with Crippen LogP contribution in [0, 0.1) is 6.92 Å². The van der Waals surface area contributed by atoms with Crippen molar-refractivity contribution in [2.45, 2.75) is 46.0 Å². The number of aryl methyl sites for hydroxylation is 1. The van der Waals surface area contributed by atoms with Crippen LogP contribution in [0.4, 0.5) is 5.69 Å². The monoisotopic (exact) mass is 233 g/mol. The molecule has 0 unspecified atom stereocenters. The van der Waals surface area contributed by atoms with Gasteiger partial charge in [-0.1, -0.05) is 24.6 Å². The Kier molecular flexibility index (Phi) is 6.38. The van der Waals surface area contributed by atoms with E-state index in [4.69, 9.17) is 0 Å². The minimum Gasteiger partial charge on any atom is -0.385 e. The Balaban J connectivity index is 2.08. The van der Waals surface area contributed by atoms with Crippen molar-refractivity contribution in [3.63, 3.8) is 0 Å². The van der Waals surface area contributed by atoms with Crippen molar-refractivity contribution in [1.82, 2.24) is 0 Å². The van der Waals surface area contributed by atoms with Gasteiger partial charge in [0.15, 0.2) is 0 Å². The van der Waals surface area contributed by atoms with Crippen molar-refractivity contribution >= 4 is 11.5 Å². The van der Waals surface area contributed by atoms with E-state index in [-0.39, 0.29) is 0 Å². The molecule has 0 fully saturated rings. The molecule has 0 aliphatic carbocycles. The zero-order valence-electron chi connectivity index (χ0n) is 11.0. The maximum atomic E-state index is 11.3. The fraction of sp³-hybridized carbons (Fsp3) is 0.533. The Labute approximate surface area is 104 Å². The van der Waals surface area contributed by atoms with Gasteiger partial charge in [0.2, 0.25) is 0 Å². The maximum Gasteiger partial charge on any atom is 0.132 e. The molecular formula is C15H23NO. The molecule has 0 bridgehead atoms. The predicted molar refractivity (Wildman–Crippen MR) is 73.4 cm³/mol. The molecule has 0 saturated heterocycles. The highest BCUT2D eigenvalue weighted by molar-refractivity contribution is 5.78. The molecule has 17 heavy (non-hydrogen) atoms. The standard InChI is InChI=1S/C15H23NO/c1-3-6-15(17)7-4-5-12-16-14-10-8-13(2)9-11-14/h8-11,16H,3-7,12H2,1-2H3. The lowest BCUT2D eigenvalue weighted by Gasteiger charge is -2.06. The molecular weight excluding hydrogens is 210 g/mol. The average Bonchev–Trinajstić information content (AvgIpc) is 2.31. The van der Waals surface area contributed by atoms with Gasteiger partial charge in [-0.3, -0.25) is 4.79 Å². The number of rotatable bonds is 8. The van der Waals surface area contributed by atoms with Crippen molar-refractivity contribution in [2.24, 2.45) is 0 Å². The van der Waals surface area contributed by atoms with Crippen molar-refractivity contribution in [1.29, 1.82) is 0 Å². The van der Waals surface area contributed by atoms with E-state index in [1.54, 1.807) is 0 Å². The molecule has 1 aromatic carbocycles. The Morgan fingerprint density at radius 1 is 1.12 bits per heavy atom. The van der Waals surface area contributed by atoms with E-state index in [1.807, 2.05) is 0 Å². The predicted octanol–water partition coefficient (Wildman–Crippen LogP) is 3.95. The molecule has 0 amide bonds. The molecule has 0 radical (unpaired) electrons. The van der Waals surface area contributed by atoms with Crippen LogP contribution in [-0.4, -0.2) is 12.3 Å². The first-order valence-corrected chi connectivity index (χ1v) is 6.54. The molecule has 0 aliphatic rings. The highest BCUT2D eigenvalue weighted by Gasteiger charge is 1.99. The van der Waals surface area contributed by atoms with Gasteiger partial charge >= 0.3 is 0 Å². The second-order valence-corrected chi connectivity index (χ2v) is 4.54. The fourth-order valence-corrected chi connectivity index (χ4v) is 1.76. The summed E-state index contributed by atoms with van der Waals surface area (Å²) in [5, 5.41) is 3.37. The maximum absolute atomic E-state index is 11.3. The SMILES string of the molecule is CCCC(=O)CCCCNc1ccc(C)cc1. The molecule has 1 rings (SSSR count). The molecule has 1 N–H and O–H groups in total. The summed E-state index contributed by atoms with van der Waals surface area (Å²) in [6, 6.07) is 8.40. The van der Waals surface area contributed by atoms with Gasteiger partial charge in [-0.25, -0.2) is 0 Å². The highest BCUT2D eigenvalue weighted by atomic mass is 16.1. The third-order valence-corrected chi connectivity index (χ3v) is 2.79. The fourth-order valence-electron chi connectivity index (χ4n) is 1.76. The Morgan fingerprint density at radius 2 is 1.82 bits per heavy atom. The van der Waals surface area contributed by atoms with Crippen molar-refractivity contribution in [3.05, 3.63) is 29.8 Å². The lowest BCUT2D eigenvalue weighted by molar-refractivity contribution is -0.119. The molecule has 0 heterocycles. The smallest absolute Gasteiger partial charge is 0.132 e. The molecule has 2 nitrogen and oxygen atoms in total. The molecule has 94 valence electrons. The summed E-state index contributed by atoms with van der Waals surface area (Å²) in [6.45, 7) is 5.09. The highest BCUT2D eigenvalue weighted by Crippen LogP contribution is 2.09. The number of benzene rings is 1. The quantitative estimate of drug-likeness (QED) is 0.689. The summed E-state index contributed by atoms with van der Waals surface area (Å²) in [4.78, 5) is 11.3. The second kappa shape index (κ2) is 7.88. The number of nitrogens with one attached hydrogen (secondary N) is 1. The number of hydrogen-bond acceptors (Lipinski definition) is 2. The molecule has 0 atom stereocenters. The third-order valence-electron chi connectivity index (χ3n) is 2.79. The van der Waals surface area contributed by atoms with Gasteiger partial charge < -0.3 is 5.32 Å². The zero-order valence-corrected chi connectivity index (χ0v) is 11.0. The second-order valence-electron chi connectivity index (χ2n) is 4.54. The number of unbranched alkanes of at least 4 members (excludes halogenated alkanes) is 1. The van der Waals surface area contributed by atoms with E-state index < -0.39 is 0 Å². The van der Waals surface area contributed by atoms with Crippen molar-refractivity contribution < 1.29 is 4.79 Å². The lowest BCUT2D eigenvalue weighted by Crippen LogP contribution is -2.03. The molecule has 0 aliphatic heterocycles. The number of carbonyl (C=O) groups excluding carboxylic acids is 1. The van der Waals surface area contributed by atoms with Crippen LogP contribution in [0.3, 0.4) is 0 Å². The van der Waals surface area contributed by atoms with Crippen LogP contribution in [-0.2, 0) is 4.79 Å². The van der Waals surface area contributed by atoms with E-state index >= 15 is 0 Å². The topological polar surface area (TPSA) is 29.1 Å². The average molecular weight is 233 g/mol. The first-order valence-electron chi connectivity index (χ1n) is 6.54. The van der Waals surface area contributed by atoms with Gasteiger partial charge in [-0.2, -0.15) is 0 Å². The lowest BCUT2D eigenvalue weighted by atomic mass is 10.1. The Morgan fingerprint density at radius 3 is 2.47 bits per heavy atom. The molecule has 0 saturated carbocycles. The van der Waals surface area contributed by atoms with Gasteiger partial charge in [0.25, 0.3) is 0 Å². The Hall–Kier alpha value is -1.31. The van der Waals surface area contributed by atoms with E-state index in [0.29, 0.717) is 5.78 Å². The van der Waals surface area contributed by atoms with Crippen LogP contribution in [0.5, 0.6) is 0 Å². The first-order chi connectivity index (χ1) is 8.22. The van der Waals surface area contributed by atoms with Crippen molar-refractivity contribution in [2.75, 3.05) is 11.9 Å². The summed E-state index contributed by atoms with van der Waals surface area (Å²) >= 11 is 0. The summed E-state index contributed by atoms with van der Waals surface area (Å²) in [7, 11) is 0. The number of hydrogen-bond donors (Lipinski definition) is 1. The summed E-state index contributed by atoms with van der Waals surface area (Å²) in [5.74, 6) is 0.405. The molecule has 2 heteroatoms. The summed E-state index contributed by atoms with van der Waals surface area (Å²) in [5.41, 5.74) is 2.44. The zero-order chi connectivity index (χ0) is 12.5. The molecule has 1 aromatic rings. The Bertz CT molecular complexity index is 329. The van der Waals surface area contributed by atoms with E-state index in [0.717, 1.165) is 44.3 Å². The van der Waals surface area contributed by atoms with Gasteiger partial charge in [0.05, 0.1) is 0 Å². The van der Waals surface area contributed by atoms with Crippen LogP contribution in [0.15, 0.2) is 24.3 Å². The van der Waals surface area contributed by atoms with Gasteiger partial charge in [0.1, 0.15) is 5.78 Å². The number of ketones is 1. The number of Topliss-reactive ketones (excluding diaryl/α,β-unsaturated/α-hetero) is 1. The summed E-state index contributed by atoms with van der Waals surface area (Å²) in [6.07, 6.45) is 4.51. The van der Waals surface area contributed by atoms with Crippen LogP contribution < -0.4 is 5.32 Å². The third kappa shape index (κ3) is 6.10. The largest absolute Gasteiger partial charge is 0.385 e. The van der Waals surface area contributed by atoms with E-state index in [1.165, 1.54) is 5.56 Å². The van der Waals surface area contributed by atoms with Crippen LogP contribution >= 0.6 is 0 Å². The normalized spacial score (nSPS) is 10.2. The minimum absolute atomic E-state index is 0.405. The van der Waals surface area contributed by atoms with E-state index in [9.17, 15) is 4.79 Å². The van der Waals surface area contributed by atoms with Gasteiger partial charge in [-0.05, 0) is 38.3 Å². The van der Waals surface area contributed by atoms with Crippen LogP contribution in [0.1, 0.15) is 44.6 Å². The first kappa shape index (κ1) is 13.8. The minimum atomic E-state index is 0.405. The van der Waals surface area contributed by atoms with Crippen molar-refractivity contribution in [3.8, 4) is 0 Å². The van der Waals surface area contributed by atoms with Gasteiger partial charge in [-0.15, -0.1) is 0 Å². The number of carbonyl (C=O) groups is 1. The van der Waals surface area contributed by atoms with Crippen LogP contribution in [0.2, 0.25) is 0 Å². The van der Waals surface area contributed by atoms with Crippen LogP contribution in [0.25, 0.3) is 0 Å². The molecule has 0 spiro atoms. The number of anilines is 1.